The van der Waals surface area contributed by atoms with Crippen molar-refractivity contribution in [2.24, 2.45) is 7.05 Å². The molecular weight excluding hydrogens is 164 g/mol. The summed E-state index contributed by atoms with van der Waals surface area (Å²) in [4.78, 5) is 8.21. The molecule has 0 aliphatic heterocycles. The molecule has 0 unspecified atom stereocenters. The van der Waals surface area contributed by atoms with Gasteiger partial charge >= 0.3 is 0 Å². The Labute approximate surface area is 76.3 Å². The van der Waals surface area contributed by atoms with Crippen molar-refractivity contribution in [3.63, 3.8) is 0 Å². The third-order valence-electron chi connectivity index (χ3n) is 1.79. The maximum Gasteiger partial charge on any atom is 0.125 e. The van der Waals surface area contributed by atoms with Gasteiger partial charge in [0.15, 0.2) is 0 Å². The first-order chi connectivity index (χ1) is 6.25. The summed E-state index contributed by atoms with van der Waals surface area (Å²) in [5, 5.41) is 4.25. The minimum Gasteiger partial charge on any atom is -0.275 e. The molecule has 66 valence electrons. The normalized spacial score (nSPS) is 10.3. The zero-order valence-corrected chi connectivity index (χ0v) is 7.60. The number of aromatic nitrogens is 4. The van der Waals surface area contributed by atoms with E-state index in [2.05, 4.69) is 15.1 Å². The summed E-state index contributed by atoms with van der Waals surface area (Å²) >= 11 is 0. The number of rotatable bonds is 1. The molecule has 2 heterocycles. The molecule has 2 aromatic rings. The van der Waals surface area contributed by atoms with Crippen LogP contribution in [0.3, 0.4) is 0 Å². The molecule has 0 saturated heterocycles. The molecule has 2 aromatic heterocycles. The molecule has 4 heteroatoms. The standard InChI is InChI=1S/C9H10N4/c1-7-10-5-8(6-11-7)9-3-4-13(2)12-9/h3-6H,1-2H3. The largest absolute Gasteiger partial charge is 0.275 e. The quantitative estimate of drug-likeness (QED) is 0.652. The Morgan fingerprint density at radius 1 is 1.23 bits per heavy atom. The highest BCUT2D eigenvalue weighted by molar-refractivity contribution is 5.55. The van der Waals surface area contributed by atoms with E-state index in [-0.39, 0.29) is 0 Å². The summed E-state index contributed by atoms with van der Waals surface area (Å²) in [6, 6.07) is 1.94. The zero-order valence-electron chi connectivity index (χ0n) is 7.60. The van der Waals surface area contributed by atoms with Gasteiger partial charge in [0, 0.05) is 31.2 Å². The molecule has 4 nitrogen and oxygen atoms in total. The Morgan fingerprint density at radius 2 is 1.92 bits per heavy atom. The molecule has 0 aromatic carbocycles. The van der Waals surface area contributed by atoms with Crippen LogP contribution in [0.1, 0.15) is 5.82 Å². The van der Waals surface area contributed by atoms with Gasteiger partial charge in [-0.3, -0.25) is 4.68 Å². The molecule has 0 spiro atoms. The number of aryl methyl sites for hydroxylation is 2. The summed E-state index contributed by atoms with van der Waals surface area (Å²) < 4.78 is 1.76. The van der Waals surface area contributed by atoms with E-state index in [9.17, 15) is 0 Å². The molecule has 0 aliphatic carbocycles. The van der Waals surface area contributed by atoms with Gasteiger partial charge in [-0.05, 0) is 13.0 Å². The van der Waals surface area contributed by atoms with Crippen LogP contribution in [0.5, 0.6) is 0 Å². The van der Waals surface area contributed by atoms with E-state index >= 15 is 0 Å². The van der Waals surface area contributed by atoms with E-state index in [1.165, 1.54) is 0 Å². The van der Waals surface area contributed by atoms with Gasteiger partial charge in [0.2, 0.25) is 0 Å². The van der Waals surface area contributed by atoms with Crippen LogP contribution in [0.25, 0.3) is 11.3 Å². The van der Waals surface area contributed by atoms with Crippen LogP contribution in [0, 0.1) is 6.92 Å². The molecule has 13 heavy (non-hydrogen) atoms. The number of nitrogens with zero attached hydrogens (tertiary/aromatic N) is 4. The topological polar surface area (TPSA) is 43.6 Å². The van der Waals surface area contributed by atoms with Crippen molar-refractivity contribution in [3.05, 3.63) is 30.5 Å². The number of hydrogen-bond donors (Lipinski definition) is 0. The first kappa shape index (κ1) is 7.91. The molecule has 2 rings (SSSR count). The Kier molecular flexibility index (Phi) is 1.81. The Balaban J connectivity index is 2.41. The highest BCUT2D eigenvalue weighted by atomic mass is 15.2. The first-order valence-corrected chi connectivity index (χ1v) is 4.04. The lowest BCUT2D eigenvalue weighted by atomic mass is 10.2. The average Bonchev–Trinajstić information content (AvgIpc) is 2.53. The minimum absolute atomic E-state index is 0.777. The molecule has 0 radical (unpaired) electrons. The molecule has 0 N–H and O–H groups in total. The van der Waals surface area contributed by atoms with Crippen LogP contribution in [-0.2, 0) is 7.05 Å². The van der Waals surface area contributed by atoms with Gasteiger partial charge in [-0.25, -0.2) is 9.97 Å². The van der Waals surface area contributed by atoms with Crippen molar-refractivity contribution >= 4 is 0 Å². The van der Waals surface area contributed by atoms with Crippen LogP contribution >= 0.6 is 0 Å². The van der Waals surface area contributed by atoms with Gasteiger partial charge in [0.1, 0.15) is 5.82 Å². The Bertz CT molecular complexity index is 402. The second-order valence-corrected chi connectivity index (χ2v) is 2.89. The maximum absolute atomic E-state index is 4.25. The third kappa shape index (κ3) is 1.56. The predicted molar refractivity (Wildman–Crippen MR) is 49.0 cm³/mol. The molecule has 0 atom stereocenters. The smallest absolute Gasteiger partial charge is 0.125 e. The summed E-state index contributed by atoms with van der Waals surface area (Å²) in [5.41, 5.74) is 1.86. The van der Waals surface area contributed by atoms with Crippen molar-refractivity contribution in [2.75, 3.05) is 0 Å². The second-order valence-electron chi connectivity index (χ2n) is 2.89. The molecular formula is C9H10N4. The third-order valence-corrected chi connectivity index (χ3v) is 1.79. The fourth-order valence-electron chi connectivity index (χ4n) is 1.09. The van der Waals surface area contributed by atoms with E-state index in [0.717, 1.165) is 17.1 Å². The van der Waals surface area contributed by atoms with E-state index in [1.54, 1.807) is 17.1 Å². The van der Waals surface area contributed by atoms with Crippen molar-refractivity contribution in [1.82, 2.24) is 19.7 Å². The summed E-state index contributed by atoms with van der Waals surface area (Å²) in [7, 11) is 1.89. The molecule has 0 fully saturated rings. The lowest BCUT2D eigenvalue weighted by Gasteiger charge is -1.95. The Morgan fingerprint density at radius 3 is 2.46 bits per heavy atom. The van der Waals surface area contributed by atoms with Gasteiger partial charge in [-0.1, -0.05) is 0 Å². The fraction of sp³-hybridized carbons (Fsp3) is 0.222. The van der Waals surface area contributed by atoms with Crippen LogP contribution in [0.15, 0.2) is 24.7 Å². The highest BCUT2D eigenvalue weighted by Gasteiger charge is 2.00. The van der Waals surface area contributed by atoms with Crippen molar-refractivity contribution in [2.45, 2.75) is 6.92 Å². The molecule has 0 amide bonds. The maximum atomic E-state index is 4.25. The van der Waals surface area contributed by atoms with Gasteiger partial charge in [-0.15, -0.1) is 0 Å². The molecule has 0 saturated carbocycles. The average molecular weight is 174 g/mol. The summed E-state index contributed by atoms with van der Waals surface area (Å²) in [6.45, 7) is 1.86. The van der Waals surface area contributed by atoms with Gasteiger partial charge in [0.05, 0.1) is 5.69 Å². The van der Waals surface area contributed by atoms with E-state index in [1.807, 2.05) is 26.2 Å². The van der Waals surface area contributed by atoms with Gasteiger partial charge < -0.3 is 0 Å². The zero-order chi connectivity index (χ0) is 9.26. The monoisotopic (exact) mass is 174 g/mol. The summed E-state index contributed by atoms with van der Waals surface area (Å²) in [5.74, 6) is 0.777. The SMILES string of the molecule is Cc1ncc(-c2ccn(C)n2)cn1. The van der Waals surface area contributed by atoms with Gasteiger partial charge in [-0.2, -0.15) is 5.10 Å². The van der Waals surface area contributed by atoms with Crippen LogP contribution < -0.4 is 0 Å². The van der Waals surface area contributed by atoms with Crippen molar-refractivity contribution < 1.29 is 0 Å². The number of hydrogen-bond acceptors (Lipinski definition) is 3. The predicted octanol–water partition coefficient (Wildman–Crippen LogP) is 1.19. The van der Waals surface area contributed by atoms with Crippen LogP contribution in [0.2, 0.25) is 0 Å². The summed E-state index contributed by atoms with van der Waals surface area (Å²) in [6.07, 6.45) is 5.46. The fourth-order valence-corrected chi connectivity index (χ4v) is 1.09. The molecule has 0 bridgehead atoms. The van der Waals surface area contributed by atoms with Crippen molar-refractivity contribution in [1.29, 1.82) is 0 Å². The van der Waals surface area contributed by atoms with E-state index in [4.69, 9.17) is 0 Å². The Hall–Kier alpha value is -1.71. The van der Waals surface area contributed by atoms with E-state index in [0.29, 0.717) is 0 Å². The van der Waals surface area contributed by atoms with E-state index < -0.39 is 0 Å². The highest BCUT2D eigenvalue weighted by Crippen LogP contribution is 2.13. The minimum atomic E-state index is 0.777. The van der Waals surface area contributed by atoms with Crippen molar-refractivity contribution in [3.8, 4) is 11.3 Å². The van der Waals surface area contributed by atoms with Crippen LogP contribution in [-0.4, -0.2) is 19.7 Å². The first-order valence-electron chi connectivity index (χ1n) is 4.04. The van der Waals surface area contributed by atoms with Crippen LogP contribution in [0.4, 0.5) is 0 Å². The second kappa shape index (κ2) is 2.97. The van der Waals surface area contributed by atoms with Gasteiger partial charge in [0.25, 0.3) is 0 Å². The lowest BCUT2D eigenvalue weighted by molar-refractivity contribution is 0.770. The molecule has 0 aliphatic rings. The lowest BCUT2D eigenvalue weighted by Crippen LogP contribution is -1.90.